The van der Waals surface area contributed by atoms with Crippen molar-refractivity contribution in [3.05, 3.63) is 252 Å². The molecule has 4 aliphatic rings. The van der Waals surface area contributed by atoms with Crippen LogP contribution in [-0.4, -0.2) is 0 Å². The second-order valence-corrected chi connectivity index (χ2v) is 18.1. The summed E-state index contributed by atoms with van der Waals surface area (Å²) >= 11 is 0. The van der Waals surface area contributed by atoms with Crippen LogP contribution in [0.2, 0.25) is 0 Å². The number of para-hydroxylation sites is 2. The smallest absolute Gasteiger partial charge is 0.152 e. The summed E-state index contributed by atoms with van der Waals surface area (Å²) in [5.74, 6) is 2.99. The number of ether oxygens (including phenoxy) is 2. The average Bonchev–Trinajstić information content (AvgIpc) is 3.84. The minimum absolute atomic E-state index is 0.448. The van der Waals surface area contributed by atoms with Gasteiger partial charge in [-0.2, -0.15) is 0 Å². The van der Waals surface area contributed by atoms with E-state index in [1.807, 2.05) is 48.5 Å². The molecule has 0 unspecified atom stereocenters. The van der Waals surface area contributed by atoms with Crippen LogP contribution in [0.1, 0.15) is 36.1 Å². The summed E-state index contributed by atoms with van der Waals surface area (Å²) in [5, 5.41) is 0. The highest BCUT2D eigenvalue weighted by Gasteiger charge is 2.51. The molecule has 2 aliphatic heterocycles. The van der Waals surface area contributed by atoms with Gasteiger partial charge in [0.15, 0.2) is 23.0 Å². The first-order valence-electron chi connectivity index (χ1n) is 23.9. The van der Waals surface area contributed by atoms with Crippen LogP contribution in [0.15, 0.2) is 218 Å². The van der Waals surface area contributed by atoms with Crippen LogP contribution >= 0.6 is 0 Å². The van der Waals surface area contributed by atoms with Gasteiger partial charge in [0.05, 0.1) is 30.9 Å². The number of benzene rings is 10. The summed E-state index contributed by atoms with van der Waals surface area (Å²) in [5.41, 5.74) is 22.1. The van der Waals surface area contributed by atoms with Crippen molar-refractivity contribution in [2.45, 2.75) is 19.3 Å². The Kier molecular flexibility index (Phi) is 7.57. The lowest BCUT2D eigenvalue weighted by Gasteiger charge is -2.34. The molecule has 2 aliphatic carbocycles. The molecule has 1 spiro atoms. The lowest BCUT2D eigenvalue weighted by Crippen LogP contribution is -2.26. The summed E-state index contributed by atoms with van der Waals surface area (Å²) in [7, 11) is 0. The number of fused-ring (bicyclic) bond motifs is 14. The minimum atomic E-state index is -0.448. The van der Waals surface area contributed by atoms with Crippen molar-refractivity contribution < 1.29 is 12.2 Å². The third kappa shape index (κ3) is 5.47. The lowest BCUT2D eigenvalue weighted by atomic mass is 9.70. The molecule has 14 rings (SSSR count). The van der Waals surface area contributed by atoms with E-state index in [0.717, 1.165) is 84.9 Å². The minimum Gasteiger partial charge on any atom is -0.453 e. The third-order valence-electron chi connectivity index (χ3n) is 14.2. The second-order valence-electron chi connectivity index (χ2n) is 18.1. The van der Waals surface area contributed by atoms with Crippen molar-refractivity contribution >= 4 is 34.1 Å². The fourth-order valence-electron chi connectivity index (χ4n) is 11.3. The maximum Gasteiger partial charge on any atom is 0.152 e. The zero-order valence-electron chi connectivity index (χ0n) is 38.8. The van der Waals surface area contributed by atoms with E-state index in [-0.39, 0.29) is 0 Å². The first-order valence-corrected chi connectivity index (χ1v) is 22.9. The van der Waals surface area contributed by atoms with E-state index in [4.69, 9.17) is 12.2 Å². The standard InChI is InChI=1S/C63H42N2O2/c1-39-21-27-49-50-28-23-41(35-54(50)63(53(49)33-39)51-19-11-9-17-47(51)48-18-10-12-20-52(48)63)42-24-30-57-61(36-42)67-62-38-44(26-32-58(62)65(57)46-15-7-4-8-16-46)43-25-31-56-60(37-43)66-59-34-40(2)22-29-55(59)64(56)45-13-5-3-6-14-45/h3-38H,1-2H3/i3T,4T. The van der Waals surface area contributed by atoms with Crippen molar-refractivity contribution in [3.63, 3.8) is 0 Å². The third-order valence-corrected chi connectivity index (χ3v) is 14.2. The number of hydrogen-bond acceptors (Lipinski definition) is 4. The fourth-order valence-corrected chi connectivity index (χ4v) is 11.3. The van der Waals surface area contributed by atoms with Crippen molar-refractivity contribution in [2.75, 3.05) is 9.80 Å². The summed E-state index contributed by atoms with van der Waals surface area (Å²) in [6.07, 6.45) is 0. The van der Waals surface area contributed by atoms with E-state index < -0.39 is 5.41 Å². The number of rotatable bonds is 4. The molecule has 4 nitrogen and oxygen atoms in total. The van der Waals surface area contributed by atoms with Crippen LogP contribution in [0, 0.1) is 13.8 Å². The van der Waals surface area contributed by atoms with E-state index in [1.54, 1.807) is 0 Å². The van der Waals surface area contributed by atoms with Crippen molar-refractivity contribution in [1.82, 2.24) is 0 Å². The molecule has 2 heterocycles. The van der Waals surface area contributed by atoms with Gasteiger partial charge in [-0.1, -0.05) is 145 Å². The highest BCUT2D eigenvalue weighted by Crippen LogP contribution is 2.63. The highest BCUT2D eigenvalue weighted by atomic mass is 16.5. The Labute approximate surface area is 393 Å². The average molecular weight is 863 g/mol. The van der Waals surface area contributed by atoms with E-state index in [2.05, 4.69) is 181 Å². The number of nitrogens with zero attached hydrogens (tertiary/aromatic N) is 2. The van der Waals surface area contributed by atoms with Gasteiger partial charge in [0.2, 0.25) is 0 Å². The molecule has 0 N–H and O–H groups in total. The van der Waals surface area contributed by atoms with Crippen LogP contribution in [0.25, 0.3) is 44.5 Å². The number of hydrogen-bond donors (Lipinski definition) is 0. The van der Waals surface area contributed by atoms with Crippen LogP contribution in [0.3, 0.4) is 0 Å². The molecule has 4 heteroatoms. The van der Waals surface area contributed by atoms with E-state index in [9.17, 15) is 0 Å². The first-order chi connectivity index (χ1) is 33.8. The van der Waals surface area contributed by atoms with E-state index in [0.29, 0.717) is 12.1 Å². The summed E-state index contributed by atoms with van der Waals surface area (Å²) in [6, 6.07) is 73.6. The molecule has 316 valence electrons. The Morgan fingerprint density at radius 3 is 1.24 bits per heavy atom. The maximum atomic E-state index is 8.31. The Balaban J connectivity index is 0.884. The molecule has 67 heavy (non-hydrogen) atoms. The van der Waals surface area contributed by atoms with Gasteiger partial charge in [0.1, 0.15) is 0 Å². The van der Waals surface area contributed by atoms with Crippen LogP contribution in [0.4, 0.5) is 34.1 Å². The molecule has 0 amide bonds. The largest absolute Gasteiger partial charge is 0.453 e. The van der Waals surface area contributed by atoms with Crippen LogP contribution in [-0.2, 0) is 5.41 Å². The Morgan fingerprint density at radius 2 is 0.716 bits per heavy atom. The predicted octanol–water partition coefficient (Wildman–Crippen LogP) is 17.1. The van der Waals surface area contributed by atoms with Gasteiger partial charge in [-0.25, -0.2) is 0 Å². The van der Waals surface area contributed by atoms with E-state index in [1.165, 1.54) is 50.1 Å². The molecule has 0 radical (unpaired) electrons. The summed E-state index contributed by atoms with van der Waals surface area (Å²) in [6.45, 7) is 4.27. The monoisotopic (exact) mass is 862 g/mol. The van der Waals surface area contributed by atoms with Gasteiger partial charge in [0, 0.05) is 11.4 Å². The summed E-state index contributed by atoms with van der Waals surface area (Å²) < 4.78 is 30.2. The second kappa shape index (κ2) is 14.2. The first kappa shape index (κ1) is 35.7. The zero-order valence-corrected chi connectivity index (χ0v) is 36.8. The van der Waals surface area contributed by atoms with Gasteiger partial charge >= 0.3 is 0 Å². The van der Waals surface area contributed by atoms with Gasteiger partial charge in [-0.15, -0.1) is 0 Å². The topological polar surface area (TPSA) is 24.9 Å². The van der Waals surface area contributed by atoms with Crippen LogP contribution in [0.5, 0.6) is 23.0 Å². The van der Waals surface area contributed by atoms with Crippen molar-refractivity contribution in [3.8, 4) is 67.5 Å². The molecular weight excluding hydrogens is 817 g/mol. The number of anilines is 6. The SMILES string of the molecule is [3H]c1ccc(N2c3ccc(C)cc3Oc3cc(-c4ccc5c(c4)Oc4cc(-c6ccc7c(c6)C6(c8ccccc8-c8ccccc86)c6cc(C)ccc6-7)ccc4N5c4ccc([3H])cc4)ccc32)cc1. The van der Waals surface area contributed by atoms with Crippen molar-refractivity contribution in [2.24, 2.45) is 0 Å². The lowest BCUT2D eigenvalue weighted by molar-refractivity contribution is 0.476. The zero-order chi connectivity index (χ0) is 46.1. The molecular formula is C63H42N2O2. The molecule has 0 saturated heterocycles. The molecule has 0 saturated carbocycles. The van der Waals surface area contributed by atoms with Gasteiger partial charge < -0.3 is 19.3 Å². The van der Waals surface area contributed by atoms with Crippen molar-refractivity contribution in [1.29, 1.82) is 0 Å². The highest BCUT2D eigenvalue weighted by molar-refractivity contribution is 5.97. The molecule has 0 fully saturated rings. The maximum absolute atomic E-state index is 8.31. The van der Waals surface area contributed by atoms with E-state index >= 15 is 0 Å². The van der Waals surface area contributed by atoms with Crippen LogP contribution < -0.4 is 19.3 Å². The van der Waals surface area contributed by atoms with Gasteiger partial charge in [-0.05, 0) is 165 Å². The molecule has 10 aromatic rings. The Bertz CT molecular complexity index is 3760. The number of aryl methyl sites for hydroxylation is 2. The predicted molar refractivity (Wildman–Crippen MR) is 273 cm³/mol. The quantitative estimate of drug-likeness (QED) is 0.176. The fraction of sp³-hybridized carbons (Fsp3) is 0.0476. The molecule has 0 atom stereocenters. The molecule has 0 aromatic heterocycles. The van der Waals surface area contributed by atoms with Gasteiger partial charge in [0.25, 0.3) is 0 Å². The van der Waals surface area contributed by atoms with Gasteiger partial charge in [-0.3, -0.25) is 0 Å². The summed E-state index contributed by atoms with van der Waals surface area (Å²) in [4.78, 5) is 4.44. The normalized spacial score (nSPS) is 14.2. The Hall–Kier alpha value is -8.60. The Morgan fingerprint density at radius 1 is 0.343 bits per heavy atom. The molecule has 0 bridgehead atoms. The molecule has 10 aromatic carbocycles.